The largest absolute Gasteiger partial charge is 0.490 e. The molecule has 1 aliphatic rings. The van der Waals surface area contributed by atoms with Crippen molar-refractivity contribution in [1.82, 2.24) is 4.90 Å². The molecule has 38 heavy (non-hydrogen) atoms. The molecule has 1 fully saturated rings. The number of benzene rings is 3. The van der Waals surface area contributed by atoms with Gasteiger partial charge in [0.15, 0.2) is 18.1 Å². The minimum Gasteiger partial charge on any atom is -0.490 e. The molecule has 0 saturated carbocycles. The lowest BCUT2D eigenvalue weighted by Crippen LogP contribution is -2.27. The van der Waals surface area contributed by atoms with Gasteiger partial charge in [0.25, 0.3) is 17.1 Å². The number of imide groups is 1. The monoisotopic (exact) mass is 642 g/mol. The molecule has 4 rings (SSSR count). The summed E-state index contributed by atoms with van der Waals surface area (Å²) in [5.41, 5.74) is 4.51. The zero-order valence-electron chi connectivity index (χ0n) is 21.2. The van der Waals surface area contributed by atoms with Crippen molar-refractivity contribution >= 4 is 63.2 Å². The number of ether oxygens (including phenoxy) is 2. The van der Waals surface area contributed by atoms with Crippen LogP contribution in [0.1, 0.15) is 29.2 Å². The smallest absolute Gasteiger partial charge is 0.293 e. The average molecular weight is 643 g/mol. The van der Waals surface area contributed by atoms with E-state index in [1.807, 2.05) is 63.2 Å². The number of hydrogen-bond donors (Lipinski definition) is 1. The van der Waals surface area contributed by atoms with Crippen LogP contribution in [0, 0.1) is 17.4 Å². The van der Waals surface area contributed by atoms with Gasteiger partial charge in [-0.2, -0.15) is 0 Å². The van der Waals surface area contributed by atoms with E-state index in [1.165, 1.54) is 4.90 Å². The Bertz CT molecular complexity index is 1400. The van der Waals surface area contributed by atoms with Crippen LogP contribution in [0.25, 0.3) is 6.08 Å². The number of thioether (sulfide) groups is 1. The minimum absolute atomic E-state index is 0.191. The first kappa shape index (κ1) is 27.7. The molecule has 0 radical (unpaired) electrons. The van der Waals surface area contributed by atoms with E-state index in [2.05, 4.69) is 27.9 Å². The summed E-state index contributed by atoms with van der Waals surface area (Å²) >= 11 is 3.12. The normalized spacial score (nSPS) is 14.2. The van der Waals surface area contributed by atoms with E-state index < -0.39 is 0 Å². The van der Waals surface area contributed by atoms with Gasteiger partial charge < -0.3 is 14.8 Å². The molecule has 3 aromatic carbocycles. The molecule has 0 spiro atoms. The molecule has 196 valence electrons. The number of anilines is 1. The summed E-state index contributed by atoms with van der Waals surface area (Å²) in [5, 5.41) is 2.53. The van der Waals surface area contributed by atoms with Crippen LogP contribution in [0.2, 0.25) is 0 Å². The standard InChI is InChI=1S/C29H27IN2O5S/c1-4-36-25-14-21(8-12-24(25)37-17-27(33)31-23-11-5-18(2)19(3)13-23)15-26-28(34)32(29(35)38-26)16-20-6-9-22(30)10-7-20/h5-15H,4,16-17H2,1-3H3,(H,31,33)/b26-15-. The molecule has 0 bridgehead atoms. The molecule has 1 aliphatic heterocycles. The maximum absolute atomic E-state index is 13.0. The molecule has 0 unspecified atom stereocenters. The second kappa shape index (κ2) is 12.5. The van der Waals surface area contributed by atoms with E-state index in [0.29, 0.717) is 34.3 Å². The molecule has 1 saturated heterocycles. The minimum atomic E-state index is -0.333. The third-order valence-electron chi connectivity index (χ3n) is 5.84. The fourth-order valence-corrected chi connectivity index (χ4v) is 4.92. The molecule has 0 aromatic heterocycles. The number of carbonyl (C=O) groups excluding carboxylic acids is 3. The number of halogens is 1. The second-order valence-electron chi connectivity index (χ2n) is 8.67. The van der Waals surface area contributed by atoms with E-state index in [4.69, 9.17) is 9.47 Å². The van der Waals surface area contributed by atoms with E-state index in [-0.39, 0.29) is 30.2 Å². The SMILES string of the molecule is CCOc1cc(/C=C2\SC(=O)N(Cc3ccc(I)cc3)C2=O)ccc1OCC(=O)Nc1ccc(C)c(C)c1. The highest BCUT2D eigenvalue weighted by Gasteiger charge is 2.35. The maximum atomic E-state index is 13.0. The Labute approximate surface area is 239 Å². The van der Waals surface area contributed by atoms with Crippen molar-refractivity contribution in [3.63, 3.8) is 0 Å². The van der Waals surface area contributed by atoms with Crippen molar-refractivity contribution in [3.05, 3.63) is 91.4 Å². The van der Waals surface area contributed by atoms with E-state index in [0.717, 1.165) is 32.0 Å². The molecule has 1 N–H and O–H groups in total. The number of nitrogens with zero attached hydrogens (tertiary/aromatic N) is 1. The fourth-order valence-electron chi connectivity index (χ4n) is 3.72. The van der Waals surface area contributed by atoms with Crippen molar-refractivity contribution in [3.8, 4) is 11.5 Å². The molecule has 3 amide bonds. The van der Waals surface area contributed by atoms with Crippen LogP contribution >= 0.6 is 34.4 Å². The van der Waals surface area contributed by atoms with Crippen molar-refractivity contribution in [1.29, 1.82) is 0 Å². The zero-order chi connectivity index (χ0) is 27.2. The van der Waals surface area contributed by atoms with Gasteiger partial charge in [-0.05, 0) is 120 Å². The molecule has 7 nitrogen and oxygen atoms in total. The van der Waals surface area contributed by atoms with Gasteiger partial charge in [-0.3, -0.25) is 19.3 Å². The van der Waals surface area contributed by atoms with Crippen LogP contribution in [0.3, 0.4) is 0 Å². The summed E-state index contributed by atoms with van der Waals surface area (Å²) in [4.78, 5) is 39.5. The average Bonchev–Trinajstić information content (AvgIpc) is 3.14. The van der Waals surface area contributed by atoms with Gasteiger partial charge in [0.2, 0.25) is 0 Å². The van der Waals surface area contributed by atoms with E-state index >= 15 is 0 Å². The Kier molecular flexibility index (Phi) is 9.11. The third-order valence-corrected chi connectivity index (χ3v) is 7.47. The lowest BCUT2D eigenvalue weighted by molar-refractivity contribution is -0.123. The Morgan fingerprint density at radius 1 is 0.974 bits per heavy atom. The van der Waals surface area contributed by atoms with Crippen molar-refractivity contribution in [2.45, 2.75) is 27.3 Å². The predicted octanol–water partition coefficient (Wildman–Crippen LogP) is 6.56. The number of aryl methyl sites for hydroxylation is 2. The molecule has 0 aliphatic carbocycles. The molecule has 3 aromatic rings. The molecule has 9 heteroatoms. The molecular formula is C29H27IN2O5S. The van der Waals surface area contributed by atoms with Crippen molar-refractivity contribution in [2.75, 3.05) is 18.5 Å². The maximum Gasteiger partial charge on any atom is 0.293 e. The number of carbonyl (C=O) groups is 3. The third kappa shape index (κ3) is 6.96. The lowest BCUT2D eigenvalue weighted by Gasteiger charge is -2.13. The fraction of sp³-hybridized carbons (Fsp3) is 0.207. The highest BCUT2D eigenvalue weighted by molar-refractivity contribution is 14.1. The number of hydrogen-bond acceptors (Lipinski definition) is 6. The first-order valence-corrected chi connectivity index (χ1v) is 13.9. The van der Waals surface area contributed by atoms with Crippen LogP contribution in [0.15, 0.2) is 65.6 Å². The van der Waals surface area contributed by atoms with Gasteiger partial charge in [0.05, 0.1) is 18.1 Å². The van der Waals surface area contributed by atoms with Gasteiger partial charge in [0, 0.05) is 9.26 Å². The van der Waals surface area contributed by atoms with E-state index in [9.17, 15) is 14.4 Å². The van der Waals surface area contributed by atoms with Crippen LogP contribution < -0.4 is 14.8 Å². The Balaban J connectivity index is 1.43. The molecule has 0 atom stereocenters. The van der Waals surface area contributed by atoms with Gasteiger partial charge >= 0.3 is 0 Å². The summed E-state index contributed by atoms with van der Waals surface area (Å²) in [5.74, 6) is 0.228. The number of rotatable bonds is 9. The highest BCUT2D eigenvalue weighted by atomic mass is 127. The summed E-state index contributed by atoms with van der Waals surface area (Å²) < 4.78 is 12.5. The van der Waals surface area contributed by atoms with Crippen LogP contribution in [0.4, 0.5) is 10.5 Å². The predicted molar refractivity (Wildman–Crippen MR) is 158 cm³/mol. The topological polar surface area (TPSA) is 84.9 Å². The lowest BCUT2D eigenvalue weighted by atomic mass is 10.1. The second-order valence-corrected chi connectivity index (χ2v) is 10.9. The Hall–Kier alpha value is -3.31. The molecule has 1 heterocycles. The summed E-state index contributed by atoms with van der Waals surface area (Å²) in [6, 6.07) is 18.6. The first-order valence-electron chi connectivity index (χ1n) is 12.0. The summed E-state index contributed by atoms with van der Waals surface area (Å²) in [6.45, 7) is 6.27. The summed E-state index contributed by atoms with van der Waals surface area (Å²) in [7, 11) is 0. The molecular weight excluding hydrogens is 615 g/mol. The Morgan fingerprint density at radius 3 is 2.45 bits per heavy atom. The first-order chi connectivity index (χ1) is 18.2. The van der Waals surface area contributed by atoms with Gasteiger partial charge in [-0.15, -0.1) is 0 Å². The number of nitrogens with one attached hydrogen (secondary N) is 1. The van der Waals surface area contributed by atoms with Crippen molar-refractivity contribution < 1.29 is 23.9 Å². The summed E-state index contributed by atoms with van der Waals surface area (Å²) in [6.07, 6.45) is 1.66. The Morgan fingerprint density at radius 2 is 1.74 bits per heavy atom. The van der Waals surface area contributed by atoms with Gasteiger partial charge in [-0.1, -0.05) is 24.3 Å². The van der Waals surface area contributed by atoms with Crippen LogP contribution in [-0.2, 0) is 16.1 Å². The highest BCUT2D eigenvalue weighted by Crippen LogP contribution is 2.35. The van der Waals surface area contributed by atoms with Crippen LogP contribution in [0.5, 0.6) is 11.5 Å². The van der Waals surface area contributed by atoms with Crippen molar-refractivity contribution in [2.24, 2.45) is 0 Å². The van der Waals surface area contributed by atoms with Gasteiger partial charge in [0.1, 0.15) is 0 Å². The quantitative estimate of drug-likeness (QED) is 0.210. The zero-order valence-corrected chi connectivity index (χ0v) is 24.2. The van der Waals surface area contributed by atoms with Gasteiger partial charge in [-0.25, -0.2) is 0 Å². The van der Waals surface area contributed by atoms with Crippen LogP contribution in [-0.4, -0.2) is 35.2 Å². The number of amides is 3. The van der Waals surface area contributed by atoms with E-state index in [1.54, 1.807) is 24.3 Å².